The molecule has 0 fully saturated rings. The number of benzene rings is 1. The number of halogens is 3. The molecule has 120 valence electrons. The summed E-state index contributed by atoms with van der Waals surface area (Å²) in [7, 11) is 1.51. The number of fused-ring (bicyclic) bond motifs is 1. The van der Waals surface area contributed by atoms with Crippen LogP contribution in [-0.4, -0.2) is 19.6 Å². The number of alkyl halides is 3. The number of aryl methyl sites for hydroxylation is 3. The summed E-state index contributed by atoms with van der Waals surface area (Å²) in [5, 5.41) is 8.86. The van der Waals surface area contributed by atoms with Crippen LogP contribution >= 0.6 is 0 Å². The fraction of sp³-hybridized carbons (Fsp3) is 0.267. The Hall–Kier alpha value is -2.64. The molecule has 0 unspecified atom stereocenters. The summed E-state index contributed by atoms with van der Waals surface area (Å²) < 4.78 is 41.1. The molecule has 1 aromatic carbocycles. The molecule has 2 heterocycles. The lowest BCUT2D eigenvalue weighted by atomic mass is 10.2. The van der Waals surface area contributed by atoms with Gasteiger partial charge >= 0.3 is 6.18 Å². The molecule has 3 aromatic rings. The van der Waals surface area contributed by atoms with E-state index in [9.17, 15) is 18.0 Å². The van der Waals surface area contributed by atoms with Crippen molar-refractivity contribution in [2.24, 2.45) is 7.05 Å². The average Bonchev–Trinajstić information content (AvgIpc) is 2.82. The zero-order valence-corrected chi connectivity index (χ0v) is 12.6. The highest BCUT2D eigenvalue weighted by molar-refractivity contribution is 5.83. The van der Waals surface area contributed by atoms with Crippen molar-refractivity contribution in [2.45, 2.75) is 20.0 Å². The minimum Gasteiger partial charge on any atom is -0.265 e. The molecule has 0 aliphatic carbocycles. The molecular weight excluding hydrogens is 309 g/mol. The Labute approximate surface area is 129 Å². The Balaban J connectivity index is 2.30. The summed E-state index contributed by atoms with van der Waals surface area (Å²) in [5.41, 5.74) is 0.445. The van der Waals surface area contributed by atoms with Crippen molar-refractivity contribution in [3.05, 3.63) is 51.6 Å². The molecule has 0 spiro atoms. The number of rotatable bonds is 1. The van der Waals surface area contributed by atoms with Gasteiger partial charge in [0.25, 0.3) is 5.56 Å². The summed E-state index contributed by atoms with van der Waals surface area (Å²) in [6.45, 7) is 3.43. The van der Waals surface area contributed by atoms with Crippen molar-refractivity contribution >= 4 is 10.9 Å². The normalized spacial score (nSPS) is 12.1. The molecular formula is C15H13F3N4O. The average molecular weight is 322 g/mol. The van der Waals surface area contributed by atoms with E-state index in [4.69, 9.17) is 0 Å². The Morgan fingerprint density at radius 2 is 1.83 bits per heavy atom. The SMILES string of the molecule is Cc1nn(C)c(=O)c2nn(-c3cccc(C(F)(F)F)c3)c(C)c12. The molecule has 8 heteroatoms. The van der Waals surface area contributed by atoms with Crippen molar-refractivity contribution in [1.29, 1.82) is 0 Å². The second kappa shape index (κ2) is 4.94. The van der Waals surface area contributed by atoms with Crippen molar-refractivity contribution in [3.8, 4) is 5.69 Å². The third kappa shape index (κ3) is 2.39. The van der Waals surface area contributed by atoms with Crippen LogP contribution < -0.4 is 5.56 Å². The molecule has 0 saturated carbocycles. The topological polar surface area (TPSA) is 52.7 Å². The van der Waals surface area contributed by atoms with Gasteiger partial charge < -0.3 is 0 Å². The van der Waals surface area contributed by atoms with Crippen LogP contribution in [0.25, 0.3) is 16.6 Å². The molecule has 2 aromatic heterocycles. The van der Waals surface area contributed by atoms with Crippen LogP contribution in [0.4, 0.5) is 13.2 Å². The number of hydrogen-bond donors (Lipinski definition) is 0. The predicted molar refractivity (Wildman–Crippen MR) is 78.6 cm³/mol. The van der Waals surface area contributed by atoms with E-state index in [0.29, 0.717) is 16.8 Å². The summed E-state index contributed by atoms with van der Waals surface area (Å²) in [5.74, 6) is 0. The number of aromatic nitrogens is 4. The fourth-order valence-electron chi connectivity index (χ4n) is 2.62. The molecule has 3 rings (SSSR count). The standard InChI is InChI=1S/C15H13F3N4O/c1-8-12-9(2)22(20-13(12)14(23)21(3)19-8)11-6-4-5-10(7-11)15(16,17)18/h4-7H,1-3H3. The fourth-order valence-corrected chi connectivity index (χ4v) is 2.62. The molecule has 0 aliphatic rings. The minimum atomic E-state index is -4.44. The summed E-state index contributed by atoms with van der Waals surface area (Å²) in [6.07, 6.45) is -4.44. The van der Waals surface area contributed by atoms with Crippen LogP contribution in [0.3, 0.4) is 0 Å². The van der Waals surface area contributed by atoms with Gasteiger partial charge in [-0.05, 0) is 32.0 Å². The van der Waals surface area contributed by atoms with Gasteiger partial charge in [-0.25, -0.2) is 9.36 Å². The first kappa shape index (κ1) is 15.3. The smallest absolute Gasteiger partial charge is 0.265 e. The third-order valence-electron chi connectivity index (χ3n) is 3.69. The van der Waals surface area contributed by atoms with E-state index in [0.717, 1.165) is 12.1 Å². The highest BCUT2D eigenvalue weighted by Crippen LogP contribution is 2.31. The van der Waals surface area contributed by atoms with Gasteiger partial charge in [0, 0.05) is 7.05 Å². The second-order valence-electron chi connectivity index (χ2n) is 5.28. The number of hydrogen-bond acceptors (Lipinski definition) is 3. The maximum Gasteiger partial charge on any atom is 0.416 e. The maximum absolute atomic E-state index is 12.9. The van der Waals surface area contributed by atoms with E-state index in [1.807, 2.05) is 0 Å². The predicted octanol–water partition coefficient (Wildman–Crippen LogP) is 2.75. The quantitative estimate of drug-likeness (QED) is 0.692. The van der Waals surface area contributed by atoms with Crippen LogP contribution in [-0.2, 0) is 13.2 Å². The zero-order valence-electron chi connectivity index (χ0n) is 12.6. The Morgan fingerprint density at radius 3 is 2.48 bits per heavy atom. The maximum atomic E-state index is 12.9. The molecule has 23 heavy (non-hydrogen) atoms. The highest BCUT2D eigenvalue weighted by Gasteiger charge is 2.30. The van der Waals surface area contributed by atoms with Crippen LogP contribution in [0.15, 0.2) is 29.1 Å². The highest BCUT2D eigenvalue weighted by atomic mass is 19.4. The van der Waals surface area contributed by atoms with E-state index >= 15 is 0 Å². The van der Waals surface area contributed by atoms with Crippen molar-refractivity contribution < 1.29 is 13.2 Å². The molecule has 0 atom stereocenters. The lowest BCUT2D eigenvalue weighted by Crippen LogP contribution is -2.20. The first-order valence-electron chi connectivity index (χ1n) is 6.81. The molecule has 0 bridgehead atoms. The minimum absolute atomic E-state index is 0.190. The first-order chi connectivity index (χ1) is 10.7. The molecule has 0 N–H and O–H groups in total. The molecule has 0 amide bonds. The third-order valence-corrected chi connectivity index (χ3v) is 3.69. The van der Waals surface area contributed by atoms with E-state index in [1.54, 1.807) is 13.8 Å². The van der Waals surface area contributed by atoms with E-state index in [1.165, 1.54) is 28.5 Å². The summed E-state index contributed by atoms with van der Waals surface area (Å²) in [6, 6.07) is 4.83. The molecule has 0 aliphatic heterocycles. The van der Waals surface area contributed by atoms with Gasteiger partial charge in [-0.3, -0.25) is 4.79 Å². The van der Waals surface area contributed by atoms with Crippen molar-refractivity contribution in [2.75, 3.05) is 0 Å². The van der Waals surface area contributed by atoms with Gasteiger partial charge in [-0.1, -0.05) is 6.07 Å². The van der Waals surface area contributed by atoms with E-state index in [2.05, 4.69) is 10.2 Å². The lowest BCUT2D eigenvalue weighted by molar-refractivity contribution is -0.137. The van der Waals surface area contributed by atoms with Gasteiger partial charge in [0.05, 0.1) is 28.0 Å². The van der Waals surface area contributed by atoms with Gasteiger partial charge in [-0.15, -0.1) is 0 Å². The Kier molecular flexibility index (Phi) is 3.28. The first-order valence-corrected chi connectivity index (χ1v) is 6.81. The zero-order chi connectivity index (χ0) is 16.9. The molecule has 0 saturated heterocycles. The van der Waals surface area contributed by atoms with Crippen molar-refractivity contribution in [1.82, 2.24) is 19.6 Å². The van der Waals surface area contributed by atoms with E-state index < -0.39 is 11.7 Å². The van der Waals surface area contributed by atoms with Crippen LogP contribution in [0.2, 0.25) is 0 Å². The lowest BCUT2D eigenvalue weighted by Gasteiger charge is -2.09. The Bertz CT molecular complexity index is 969. The van der Waals surface area contributed by atoms with Gasteiger partial charge in [0.2, 0.25) is 0 Å². The summed E-state index contributed by atoms with van der Waals surface area (Å²) >= 11 is 0. The van der Waals surface area contributed by atoms with Gasteiger partial charge in [0.15, 0.2) is 5.52 Å². The van der Waals surface area contributed by atoms with Crippen LogP contribution in [0, 0.1) is 13.8 Å². The molecule has 5 nitrogen and oxygen atoms in total. The van der Waals surface area contributed by atoms with Gasteiger partial charge in [-0.2, -0.15) is 23.4 Å². The molecule has 0 radical (unpaired) electrons. The Morgan fingerprint density at radius 1 is 1.13 bits per heavy atom. The monoisotopic (exact) mass is 322 g/mol. The second-order valence-corrected chi connectivity index (χ2v) is 5.28. The van der Waals surface area contributed by atoms with Gasteiger partial charge in [0.1, 0.15) is 0 Å². The van der Waals surface area contributed by atoms with Crippen LogP contribution in [0.1, 0.15) is 17.0 Å². The van der Waals surface area contributed by atoms with E-state index in [-0.39, 0.29) is 16.8 Å². The summed E-state index contributed by atoms with van der Waals surface area (Å²) in [4.78, 5) is 12.1. The van der Waals surface area contributed by atoms with Crippen LogP contribution in [0.5, 0.6) is 0 Å². The largest absolute Gasteiger partial charge is 0.416 e. The van der Waals surface area contributed by atoms with Crippen molar-refractivity contribution in [3.63, 3.8) is 0 Å². The number of nitrogens with zero attached hydrogens (tertiary/aromatic N) is 4.